The number of anilines is 1. The zero-order valence-corrected chi connectivity index (χ0v) is 18.8. The third-order valence-corrected chi connectivity index (χ3v) is 6.43. The van der Waals surface area contributed by atoms with Gasteiger partial charge in [-0.2, -0.15) is 5.10 Å². The topological polar surface area (TPSA) is 95.3 Å². The quantitative estimate of drug-likeness (QED) is 0.430. The van der Waals surface area contributed by atoms with Crippen LogP contribution in [0.2, 0.25) is 5.02 Å². The van der Waals surface area contributed by atoms with Gasteiger partial charge in [0.1, 0.15) is 16.4 Å². The Morgan fingerprint density at radius 3 is 2.34 bits per heavy atom. The van der Waals surface area contributed by atoms with Crippen LogP contribution < -0.4 is 14.2 Å². The number of para-hydroxylation sites is 1. The summed E-state index contributed by atoms with van der Waals surface area (Å²) in [7, 11) is -1.10. The van der Waals surface area contributed by atoms with Gasteiger partial charge in [-0.05, 0) is 36.4 Å². The minimum Gasteiger partial charge on any atom is -0.496 e. The Kier molecular flexibility index (Phi) is 6.02. The highest BCUT2D eigenvalue weighted by molar-refractivity contribution is 7.92. The lowest BCUT2D eigenvalue weighted by molar-refractivity contribution is 0.387. The number of hydrogen-bond acceptors (Lipinski definition) is 6. The SMILES string of the molecule is COc1cc(OC)c(S(=O)(=O)Nc2ccncc2)cc1-c1ccnn1-c1ccccc1Cl. The van der Waals surface area contributed by atoms with Crippen LogP contribution in [0.15, 0.2) is 78.1 Å². The Bertz CT molecular complexity index is 1360. The van der Waals surface area contributed by atoms with Crippen molar-refractivity contribution < 1.29 is 17.9 Å². The molecule has 2 aromatic heterocycles. The molecule has 0 amide bonds. The van der Waals surface area contributed by atoms with E-state index in [4.69, 9.17) is 21.1 Å². The van der Waals surface area contributed by atoms with Crippen LogP contribution in [-0.2, 0) is 10.0 Å². The van der Waals surface area contributed by atoms with Gasteiger partial charge in [-0.1, -0.05) is 23.7 Å². The number of methoxy groups -OCH3 is 2. The van der Waals surface area contributed by atoms with E-state index in [9.17, 15) is 8.42 Å². The Labute approximate surface area is 190 Å². The lowest BCUT2D eigenvalue weighted by Gasteiger charge is -2.17. The summed E-state index contributed by atoms with van der Waals surface area (Å²) in [5.74, 6) is 0.550. The van der Waals surface area contributed by atoms with Crippen LogP contribution >= 0.6 is 11.6 Å². The lowest BCUT2D eigenvalue weighted by atomic mass is 10.1. The second-order valence-corrected chi connectivity index (χ2v) is 8.68. The Morgan fingerprint density at radius 1 is 0.938 bits per heavy atom. The summed E-state index contributed by atoms with van der Waals surface area (Å²) in [5.41, 5.74) is 2.12. The van der Waals surface area contributed by atoms with Gasteiger partial charge >= 0.3 is 0 Å². The fraction of sp³-hybridized carbons (Fsp3) is 0.0909. The van der Waals surface area contributed by atoms with Gasteiger partial charge in [-0.3, -0.25) is 9.71 Å². The number of halogens is 1. The van der Waals surface area contributed by atoms with E-state index in [2.05, 4.69) is 14.8 Å². The van der Waals surface area contributed by atoms with Gasteiger partial charge in [0, 0.05) is 24.0 Å². The normalized spacial score (nSPS) is 11.2. The maximum Gasteiger partial charge on any atom is 0.265 e. The molecule has 0 saturated heterocycles. The first-order valence-electron chi connectivity index (χ1n) is 9.43. The van der Waals surface area contributed by atoms with Crippen molar-refractivity contribution in [3.8, 4) is 28.4 Å². The average Bonchev–Trinajstić information content (AvgIpc) is 3.28. The second-order valence-electron chi connectivity index (χ2n) is 6.62. The molecule has 0 fully saturated rings. The standard InChI is InChI=1S/C22H19ClN4O4S/c1-30-20-14-21(31-2)22(32(28,29)26-15-7-10-24-11-8-15)13-16(20)18-9-12-25-27(18)19-6-4-3-5-17(19)23/h3-14H,1-2H3,(H,24,26). The highest BCUT2D eigenvalue weighted by atomic mass is 35.5. The van der Waals surface area contributed by atoms with Crippen molar-refractivity contribution in [2.75, 3.05) is 18.9 Å². The zero-order valence-electron chi connectivity index (χ0n) is 17.2. The lowest BCUT2D eigenvalue weighted by Crippen LogP contribution is -2.14. The molecule has 0 aliphatic rings. The van der Waals surface area contributed by atoms with Crippen LogP contribution in [0.3, 0.4) is 0 Å². The first kappa shape index (κ1) is 21.7. The van der Waals surface area contributed by atoms with Crippen molar-refractivity contribution in [2.24, 2.45) is 0 Å². The molecule has 1 N–H and O–H groups in total. The van der Waals surface area contributed by atoms with Gasteiger partial charge < -0.3 is 9.47 Å². The molecule has 0 atom stereocenters. The number of hydrogen-bond donors (Lipinski definition) is 1. The predicted octanol–water partition coefficient (Wildman–Crippen LogP) is 4.41. The Hall–Kier alpha value is -3.56. The van der Waals surface area contributed by atoms with Gasteiger partial charge in [0.2, 0.25) is 0 Å². The molecule has 10 heteroatoms. The molecular formula is C22H19ClN4O4S. The van der Waals surface area contributed by atoms with Crippen LogP contribution in [0.25, 0.3) is 16.9 Å². The Morgan fingerprint density at radius 2 is 1.66 bits per heavy atom. The Balaban J connectivity index is 1.89. The van der Waals surface area contributed by atoms with Crippen LogP contribution in [0.5, 0.6) is 11.5 Å². The summed E-state index contributed by atoms with van der Waals surface area (Å²) in [6, 6.07) is 15.1. The molecule has 8 nitrogen and oxygen atoms in total. The maximum absolute atomic E-state index is 13.2. The van der Waals surface area contributed by atoms with Crippen molar-refractivity contribution in [1.29, 1.82) is 0 Å². The van der Waals surface area contributed by atoms with Crippen molar-refractivity contribution in [3.63, 3.8) is 0 Å². The predicted molar refractivity (Wildman–Crippen MR) is 122 cm³/mol. The molecule has 0 aliphatic carbocycles. The van der Waals surface area contributed by atoms with Crippen LogP contribution in [-0.4, -0.2) is 37.4 Å². The first-order chi connectivity index (χ1) is 15.4. The molecule has 0 bridgehead atoms. The van der Waals surface area contributed by atoms with E-state index >= 15 is 0 Å². The van der Waals surface area contributed by atoms with Crippen LogP contribution in [0.1, 0.15) is 0 Å². The third kappa shape index (κ3) is 4.12. The summed E-state index contributed by atoms with van der Waals surface area (Å²) >= 11 is 6.37. The van der Waals surface area contributed by atoms with E-state index in [0.29, 0.717) is 33.4 Å². The number of benzene rings is 2. The van der Waals surface area contributed by atoms with E-state index in [1.807, 2.05) is 18.2 Å². The van der Waals surface area contributed by atoms with E-state index in [0.717, 1.165) is 0 Å². The molecule has 32 heavy (non-hydrogen) atoms. The van der Waals surface area contributed by atoms with Crippen LogP contribution in [0.4, 0.5) is 5.69 Å². The van der Waals surface area contributed by atoms with Gasteiger partial charge in [0.05, 0.1) is 42.5 Å². The summed E-state index contributed by atoms with van der Waals surface area (Å²) in [4.78, 5) is 3.85. The fourth-order valence-electron chi connectivity index (χ4n) is 3.23. The van der Waals surface area contributed by atoms with Gasteiger partial charge in [0.25, 0.3) is 10.0 Å². The maximum atomic E-state index is 13.2. The van der Waals surface area contributed by atoms with E-state index < -0.39 is 10.0 Å². The second kappa shape index (κ2) is 8.89. The minimum atomic E-state index is -3.99. The molecule has 0 aliphatic heterocycles. The zero-order chi connectivity index (χ0) is 22.7. The molecule has 4 aromatic rings. The summed E-state index contributed by atoms with van der Waals surface area (Å²) < 4.78 is 41.5. The minimum absolute atomic E-state index is 0.0560. The highest BCUT2D eigenvalue weighted by Crippen LogP contribution is 2.39. The summed E-state index contributed by atoms with van der Waals surface area (Å²) in [6.45, 7) is 0. The molecular weight excluding hydrogens is 452 g/mol. The van der Waals surface area contributed by atoms with E-state index in [-0.39, 0.29) is 10.6 Å². The van der Waals surface area contributed by atoms with Crippen molar-refractivity contribution >= 4 is 27.3 Å². The van der Waals surface area contributed by atoms with Gasteiger partial charge in [0.15, 0.2) is 0 Å². The van der Waals surface area contributed by atoms with Crippen molar-refractivity contribution in [3.05, 3.63) is 78.2 Å². The molecule has 2 aromatic carbocycles. The molecule has 4 rings (SSSR count). The molecule has 2 heterocycles. The molecule has 0 unspecified atom stereocenters. The van der Waals surface area contributed by atoms with E-state index in [1.165, 1.54) is 38.7 Å². The first-order valence-corrected chi connectivity index (χ1v) is 11.3. The number of ether oxygens (including phenoxy) is 2. The highest BCUT2D eigenvalue weighted by Gasteiger charge is 2.25. The number of nitrogens with zero attached hydrogens (tertiary/aromatic N) is 3. The number of sulfonamides is 1. The molecule has 164 valence electrons. The van der Waals surface area contributed by atoms with Crippen molar-refractivity contribution in [2.45, 2.75) is 4.90 Å². The summed E-state index contributed by atoms with van der Waals surface area (Å²) in [6.07, 6.45) is 4.60. The smallest absolute Gasteiger partial charge is 0.265 e. The monoisotopic (exact) mass is 470 g/mol. The summed E-state index contributed by atoms with van der Waals surface area (Å²) in [5, 5.41) is 4.87. The van der Waals surface area contributed by atoms with Crippen molar-refractivity contribution in [1.82, 2.24) is 14.8 Å². The van der Waals surface area contributed by atoms with Crippen LogP contribution in [0, 0.1) is 0 Å². The third-order valence-electron chi connectivity index (χ3n) is 4.71. The number of nitrogens with one attached hydrogen (secondary N) is 1. The fourth-order valence-corrected chi connectivity index (χ4v) is 4.68. The van der Waals surface area contributed by atoms with E-state index in [1.54, 1.807) is 35.1 Å². The molecule has 0 radical (unpaired) electrons. The average molecular weight is 471 g/mol. The molecule has 0 saturated carbocycles. The number of rotatable bonds is 7. The van der Waals surface area contributed by atoms with Gasteiger partial charge in [-0.15, -0.1) is 0 Å². The molecule has 0 spiro atoms. The number of aromatic nitrogens is 3. The largest absolute Gasteiger partial charge is 0.496 e. The van der Waals surface area contributed by atoms with Gasteiger partial charge in [-0.25, -0.2) is 13.1 Å². The number of pyridine rings is 1.